The van der Waals surface area contributed by atoms with Crippen LogP contribution in [0.4, 0.5) is 0 Å². The third-order valence-corrected chi connectivity index (χ3v) is 2.85. The van der Waals surface area contributed by atoms with Gasteiger partial charge in [0.25, 0.3) is 0 Å². The highest BCUT2D eigenvalue weighted by Crippen LogP contribution is 2.23. The molecular formula is C13H21NO. The van der Waals surface area contributed by atoms with E-state index in [2.05, 4.69) is 13.8 Å². The molecule has 0 saturated heterocycles. The third kappa shape index (κ3) is 2.95. The maximum Gasteiger partial charge on any atom is 0.196 e. The molecule has 1 aromatic rings. The van der Waals surface area contributed by atoms with E-state index in [0.717, 1.165) is 41.8 Å². The summed E-state index contributed by atoms with van der Waals surface area (Å²) in [5.74, 6) is 0.428. The number of rotatable bonds is 5. The van der Waals surface area contributed by atoms with Crippen molar-refractivity contribution < 1.29 is 4.73 Å². The maximum atomic E-state index is 11.9. The number of aromatic nitrogens is 1. The zero-order chi connectivity index (χ0) is 11.3. The Bertz CT molecular complexity index is 303. The zero-order valence-corrected chi connectivity index (χ0v) is 9.99. The first-order valence-corrected chi connectivity index (χ1v) is 5.89. The first kappa shape index (κ1) is 12.0. The molecule has 0 fully saturated rings. The Morgan fingerprint density at radius 1 is 1.20 bits per heavy atom. The molecule has 0 aliphatic rings. The molecule has 0 aromatic carbocycles. The standard InChI is InChI=1S/C13H21NO/c1-4-7-12(8-5-2)13-10-6-9-11(3)14(13)15/h6,9-10,12H,4-5,7-8H2,1-3H3. The van der Waals surface area contributed by atoms with Crippen molar-refractivity contribution in [1.29, 1.82) is 0 Å². The first-order chi connectivity index (χ1) is 7.20. The fraction of sp³-hybridized carbons (Fsp3) is 0.615. The van der Waals surface area contributed by atoms with Crippen LogP contribution in [0.1, 0.15) is 56.8 Å². The van der Waals surface area contributed by atoms with Gasteiger partial charge in [-0.05, 0) is 18.9 Å². The Kier molecular flexibility index (Phi) is 4.60. The lowest BCUT2D eigenvalue weighted by atomic mass is 9.94. The van der Waals surface area contributed by atoms with Crippen molar-refractivity contribution >= 4 is 0 Å². The molecule has 84 valence electrons. The van der Waals surface area contributed by atoms with Crippen molar-refractivity contribution in [3.05, 3.63) is 34.8 Å². The number of hydrogen-bond donors (Lipinski definition) is 0. The molecule has 0 aliphatic heterocycles. The van der Waals surface area contributed by atoms with Crippen molar-refractivity contribution in [2.75, 3.05) is 0 Å². The van der Waals surface area contributed by atoms with E-state index in [1.165, 1.54) is 0 Å². The van der Waals surface area contributed by atoms with Crippen molar-refractivity contribution in [1.82, 2.24) is 0 Å². The van der Waals surface area contributed by atoms with Crippen LogP contribution in [0, 0.1) is 12.1 Å². The van der Waals surface area contributed by atoms with Gasteiger partial charge in [0.05, 0.1) is 0 Å². The zero-order valence-electron chi connectivity index (χ0n) is 9.99. The summed E-state index contributed by atoms with van der Waals surface area (Å²) in [4.78, 5) is 0. The Morgan fingerprint density at radius 2 is 1.80 bits per heavy atom. The Balaban J connectivity index is 2.94. The maximum absolute atomic E-state index is 11.9. The average Bonchev–Trinajstić information content (AvgIpc) is 2.22. The highest BCUT2D eigenvalue weighted by atomic mass is 16.5. The summed E-state index contributed by atoms with van der Waals surface area (Å²) in [6, 6.07) is 5.82. The monoisotopic (exact) mass is 207 g/mol. The van der Waals surface area contributed by atoms with E-state index in [1.807, 2.05) is 25.1 Å². The van der Waals surface area contributed by atoms with Gasteiger partial charge in [-0.3, -0.25) is 0 Å². The van der Waals surface area contributed by atoms with Crippen LogP contribution in [0.5, 0.6) is 0 Å². The molecule has 0 radical (unpaired) electrons. The van der Waals surface area contributed by atoms with Crippen LogP contribution >= 0.6 is 0 Å². The van der Waals surface area contributed by atoms with E-state index in [4.69, 9.17) is 0 Å². The number of hydrogen-bond acceptors (Lipinski definition) is 1. The minimum Gasteiger partial charge on any atom is -0.618 e. The fourth-order valence-electron chi connectivity index (χ4n) is 2.06. The molecule has 0 spiro atoms. The number of aryl methyl sites for hydroxylation is 1. The summed E-state index contributed by atoms with van der Waals surface area (Å²) >= 11 is 0. The molecule has 1 rings (SSSR count). The summed E-state index contributed by atoms with van der Waals surface area (Å²) in [5.41, 5.74) is 1.74. The largest absolute Gasteiger partial charge is 0.618 e. The molecular weight excluding hydrogens is 186 g/mol. The number of pyridine rings is 1. The molecule has 1 aromatic heterocycles. The van der Waals surface area contributed by atoms with Crippen LogP contribution < -0.4 is 4.73 Å². The second-order valence-electron chi connectivity index (χ2n) is 4.16. The van der Waals surface area contributed by atoms with E-state index in [9.17, 15) is 5.21 Å². The minimum atomic E-state index is 0.428. The average molecular weight is 207 g/mol. The second-order valence-corrected chi connectivity index (χ2v) is 4.16. The predicted molar refractivity (Wildman–Crippen MR) is 62.7 cm³/mol. The quantitative estimate of drug-likeness (QED) is 0.537. The van der Waals surface area contributed by atoms with Gasteiger partial charge in [0.15, 0.2) is 11.4 Å². The van der Waals surface area contributed by atoms with Crippen LogP contribution in [0.3, 0.4) is 0 Å². The van der Waals surface area contributed by atoms with E-state index in [0.29, 0.717) is 5.92 Å². The Morgan fingerprint density at radius 3 is 2.33 bits per heavy atom. The minimum absolute atomic E-state index is 0.428. The van der Waals surface area contributed by atoms with Gasteiger partial charge in [-0.1, -0.05) is 26.7 Å². The molecule has 2 nitrogen and oxygen atoms in total. The molecule has 0 aliphatic carbocycles. The van der Waals surface area contributed by atoms with Crippen LogP contribution in [0.2, 0.25) is 0 Å². The van der Waals surface area contributed by atoms with Gasteiger partial charge >= 0.3 is 0 Å². The molecule has 0 N–H and O–H groups in total. The van der Waals surface area contributed by atoms with Crippen molar-refractivity contribution in [3.63, 3.8) is 0 Å². The van der Waals surface area contributed by atoms with Crippen molar-refractivity contribution in [3.8, 4) is 0 Å². The second kappa shape index (κ2) is 5.74. The summed E-state index contributed by atoms with van der Waals surface area (Å²) in [7, 11) is 0. The van der Waals surface area contributed by atoms with Crippen molar-refractivity contribution in [2.45, 2.75) is 52.4 Å². The van der Waals surface area contributed by atoms with Crippen LogP contribution in [0.15, 0.2) is 18.2 Å². The summed E-state index contributed by atoms with van der Waals surface area (Å²) < 4.78 is 1.09. The van der Waals surface area contributed by atoms with Gasteiger partial charge in [0.2, 0.25) is 0 Å². The van der Waals surface area contributed by atoms with Crippen LogP contribution in [-0.2, 0) is 0 Å². The molecule has 0 saturated carbocycles. The van der Waals surface area contributed by atoms with E-state index < -0.39 is 0 Å². The molecule has 0 atom stereocenters. The summed E-state index contributed by atoms with van der Waals surface area (Å²) in [6.45, 7) is 6.21. The fourth-order valence-corrected chi connectivity index (χ4v) is 2.06. The van der Waals surface area contributed by atoms with Crippen LogP contribution in [0.25, 0.3) is 0 Å². The third-order valence-electron chi connectivity index (χ3n) is 2.85. The highest BCUT2D eigenvalue weighted by molar-refractivity contribution is 5.07. The summed E-state index contributed by atoms with van der Waals surface area (Å²) in [5, 5.41) is 11.9. The molecule has 0 amide bonds. The van der Waals surface area contributed by atoms with Crippen LogP contribution in [-0.4, -0.2) is 0 Å². The smallest absolute Gasteiger partial charge is 0.196 e. The predicted octanol–water partition coefficient (Wildman–Crippen LogP) is 3.31. The lowest BCUT2D eigenvalue weighted by Gasteiger charge is -2.15. The lowest BCUT2D eigenvalue weighted by molar-refractivity contribution is -0.622. The first-order valence-electron chi connectivity index (χ1n) is 5.89. The van der Waals surface area contributed by atoms with Gasteiger partial charge in [0, 0.05) is 25.0 Å². The van der Waals surface area contributed by atoms with E-state index >= 15 is 0 Å². The summed E-state index contributed by atoms with van der Waals surface area (Å²) in [6.07, 6.45) is 4.50. The normalized spacial score (nSPS) is 10.9. The van der Waals surface area contributed by atoms with Gasteiger partial charge in [-0.25, -0.2) is 0 Å². The topological polar surface area (TPSA) is 26.9 Å². The molecule has 0 bridgehead atoms. The molecule has 0 unspecified atom stereocenters. The van der Waals surface area contributed by atoms with Gasteiger partial charge < -0.3 is 5.21 Å². The Hall–Kier alpha value is -1.05. The van der Waals surface area contributed by atoms with E-state index in [1.54, 1.807) is 0 Å². The highest BCUT2D eigenvalue weighted by Gasteiger charge is 2.18. The Labute approximate surface area is 92.5 Å². The van der Waals surface area contributed by atoms with Gasteiger partial charge in [-0.2, -0.15) is 4.73 Å². The lowest BCUT2D eigenvalue weighted by Crippen LogP contribution is -2.36. The molecule has 15 heavy (non-hydrogen) atoms. The molecule has 1 heterocycles. The molecule has 2 heteroatoms. The van der Waals surface area contributed by atoms with Crippen molar-refractivity contribution in [2.24, 2.45) is 0 Å². The SMILES string of the molecule is CCCC(CCC)c1cccc(C)[n+]1[O-]. The number of nitrogens with zero attached hydrogens (tertiary/aromatic N) is 1. The van der Waals surface area contributed by atoms with Gasteiger partial charge in [0.1, 0.15) is 0 Å². The van der Waals surface area contributed by atoms with Gasteiger partial charge in [-0.15, -0.1) is 0 Å². The van der Waals surface area contributed by atoms with E-state index in [-0.39, 0.29) is 0 Å².